The van der Waals surface area contributed by atoms with E-state index in [1.807, 2.05) is 0 Å². The van der Waals surface area contributed by atoms with E-state index in [0.717, 1.165) is 6.26 Å². The van der Waals surface area contributed by atoms with Crippen LogP contribution >= 0.6 is 0 Å². The minimum absolute atomic E-state index is 0.0202. The van der Waals surface area contributed by atoms with Crippen LogP contribution in [0.5, 0.6) is 0 Å². The van der Waals surface area contributed by atoms with Gasteiger partial charge in [0.15, 0.2) is 0 Å². The lowest BCUT2D eigenvalue weighted by Crippen LogP contribution is -2.45. The Hall–Kier alpha value is -1.35. The number of hydrogen-bond donors (Lipinski definition) is 4. The van der Waals surface area contributed by atoms with Gasteiger partial charge >= 0.3 is 12.0 Å². The van der Waals surface area contributed by atoms with Crippen LogP contribution in [0.15, 0.2) is 0 Å². The molecule has 0 heterocycles. The first-order chi connectivity index (χ1) is 8.04. The summed E-state index contributed by atoms with van der Waals surface area (Å²) in [6.07, 6.45) is 1.02. The number of carboxylic acids is 1. The van der Waals surface area contributed by atoms with Crippen molar-refractivity contribution >= 4 is 22.0 Å². The number of carbonyl (C=O) groups excluding carboxylic acids is 1. The van der Waals surface area contributed by atoms with E-state index in [-0.39, 0.29) is 19.6 Å². The molecule has 0 bridgehead atoms. The topological polar surface area (TPSA) is 125 Å². The number of urea groups is 1. The fraction of sp³-hybridized carbons (Fsp3) is 0.778. The van der Waals surface area contributed by atoms with Gasteiger partial charge in [-0.3, -0.25) is 4.79 Å². The Morgan fingerprint density at radius 1 is 1.17 bits per heavy atom. The van der Waals surface area contributed by atoms with E-state index in [4.69, 9.17) is 5.11 Å². The number of carboxylic acid groups (broad SMARTS) is 1. The predicted octanol–water partition coefficient (Wildman–Crippen LogP) is -1.05. The first-order valence-electron chi connectivity index (χ1n) is 5.24. The molecule has 0 fully saturated rings. The van der Waals surface area contributed by atoms with Crippen LogP contribution in [0.25, 0.3) is 0 Å². The number of hydrogen-bond acceptors (Lipinski definition) is 4. The first-order valence-corrected chi connectivity index (χ1v) is 7.13. The Balaban J connectivity index is 3.83. The smallest absolute Gasteiger partial charge is 0.314 e. The minimum Gasteiger partial charge on any atom is -0.481 e. The highest BCUT2D eigenvalue weighted by molar-refractivity contribution is 7.88. The van der Waals surface area contributed by atoms with Crippen molar-refractivity contribution in [1.82, 2.24) is 15.4 Å². The van der Waals surface area contributed by atoms with Crippen molar-refractivity contribution in [1.29, 1.82) is 0 Å². The van der Waals surface area contributed by atoms with Crippen molar-refractivity contribution in [3.8, 4) is 0 Å². The molecular weight excluding hydrogens is 262 g/mol. The quantitative estimate of drug-likeness (QED) is 0.443. The van der Waals surface area contributed by atoms with E-state index < -0.39 is 27.4 Å². The average Bonchev–Trinajstić information content (AvgIpc) is 2.20. The van der Waals surface area contributed by atoms with Crippen molar-refractivity contribution in [3.05, 3.63) is 0 Å². The summed E-state index contributed by atoms with van der Waals surface area (Å²) in [4.78, 5) is 22.0. The van der Waals surface area contributed by atoms with Crippen molar-refractivity contribution in [2.75, 3.05) is 25.9 Å². The number of sulfonamides is 1. The molecule has 0 unspecified atom stereocenters. The number of carbonyl (C=O) groups is 2. The summed E-state index contributed by atoms with van der Waals surface area (Å²) in [5, 5.41) is 13.6. The number of rotatable bonds is 7. The molecule has 0 atom stereocenters. The average molecular weight is 281 g/mol. The summed E-state index contributed by atoms with van der Waals surface area (Å²) >= 11 is 0. The maximum absolute atomic E-state index is 11.2. The molecule has 0 rings (SSSR count). The normalized spacial score (nSPS) is 11.9. The fourth-order valence-corrected chi connectivity index (χ4v) is 1.32. The van der Waals surface area contributed by atoms with Crippen LogP contribution in [0.3, 0.4) is 0 Å². The van der Waals surface area contributed by atoms with Crippen LogP contribution in [0.4, 0.5) is 4.79 Å². The number of amides is 2. The third-order valence-electron chi connectivity index (χ3n) is 2.04. The van der Waals surface area contributed by atoms with Crippen molar-refractivity contribution in [2.24, 2.45) is 5.41 Å². The molecule has 0 aromatic carbocycles. The molecule has 0 aromatic heterocycles. The zero-order valence-electron chi connectivity index (χ0n) is 10.6. The standard InChI is InChI=1S/C9H19N3O5S/c1-9(2,7(13)14)6-11-8(15)10-4-5-12-18(3,16)17/h12H,4-6H2,1-3H3,(H,13,14)(H2,10,11,15). The largest absolute Gasteiger partial charge is 0.481 e. The Morgan fingerprint density at radius 2 is 1.72 bits per heavy atom. The number of aliphatic carboxylic acids is 1. The molecule has 0 radical (unpaired) electrons. The van der Waals surface area contributed by atoms with Gasteiger partial charge < -0.3 is 15.7 Å². The van der Waals surface area contributed by atoms with E-state index in [1.165, 1.54) is 13.8 Å². The van der Waals surface area contributed by atoms with E-state index in [9.17, 15) is 18.0 Å². The van der Waals surface area contributed by atoms with Gasteiger partial charge in [0.25, 0.3) is 0 Å². The van der Waals surface area contributed by atoms with E-state index >= 15 is 0 Å². The second-order valence-corrected chi connectivity index (χ2v) is 6.30. The molecule has 18 heavy (non-hydrogen) atoms. The summed E-state index contributed by atoms with van der Waals surface area (Å²) in [5.74, 6) is -1.01. The van der Waals surface area contributed by atoms with Gasteiger partial charge in [-0.25, -0.2) is 17.9 Å². The third-order valence-corrected chi connectivity index (χ3v) is 2.77. The van der Waals surface area contributed by atoms with Gasteiger partial charge in [0.1, 0.15) is 0 Å². The molecule has 106 valence electrons. The summed E-state index contributed by atoms with van der Waals surface area (Å²) < 4.78 is 23.6. The van der Waals surface area contributed by atoms with Crippen molar-refractivity contribution in [2.45, 2.75) is 13.8 Å². The number of nitrogens with one attached hydrogen (secondary N) is 3. The van der Waals surface area contributed by atoms with Crippen LogP contribution in [0.1, 0.15) is 13.8 Å². The SMILES string of the molecule is CC(C)(CNC(=O)NCCNS(C)(=O)=O)C(=O)O. The molecule has 0 saturated carbocycles. The maximum Gasteiger partial charge on any atom is 0.314 e. The van der Waals surface area contributed by atoms with Gasteiger partial charge in [0.2, 0.25) is 10.0 Å². The van der Waals surface area contributed by atoms with E-state index in [0.29, 0.717) is 0 Å². The van der Waals surface area contributed by atoms with Gasteiger partial charge in [0.05, 0.1) is 11.7 Å². The summed E-state index contributed by atoms with van der Waals surface area (Å²) in [5.41, 5.74) is -1.05. The summed E-state index contributed by atoms with van der Waals surface area (Å²) in [6, 6.07) is -0.542. The highest BCUT2D eigenvalue weighted by Gasteiger charge is 2.27. The van der Waals surface area contributed by atoms with Crippen LogP contribution in [0.2, 0.25) is 0 Å². The van der Waals surface area contributed by atoms with E-state index in [1.54, 1.807) is 0 Å². The molecule has 9 heteroatoms. The molecule has 0 saturated heterocycles. The molecule has 0 aliphatic carbocycles. The maximum atomic E-state index is 11.2. The second-order valence-electron chi connectivity index (χ2n) is 4.46. The summed E-state index contributed by atoms with van der Waals surface area (Å²) in [6.45, 7) is 3.15. The van der Waals surface area contributed by atoms with Gasteiger partial charge in [-0.15, -0.1) is 0 Å². The molecule has 0 aliphatic heterocycles. The molecule has 0 aromatic rings. The highest BCUT2D eigenvalue weighted by atomic mass is 32.2. The molecule has 0 spiro atoms. The molecule has 4 N–H and O–H groups in total. The lowest BCUT2D eigenvalue weighted by atomic mass is 9.94. The molecule has 0 aliphatic rings. The first kappa shape index (κ1) is 16.6. The van der Waals surface area contributed by atoms with Crippen LogP contribution in [-0.4, -0.2) is 51.4 Å². The van der Waals surface area contributed by atoms with Gasteiger partial charge in [-0.05, 0) is 13.8 Å². The lowest BCUT2D eigenvalue weighted by Gasteiger charge is -2.19. The monoisotopic (exact) mass is 281 g/mol. The van der Waals surface area contributed by atoms with Crippen LogP contribution < -0.4 is 15.4 Å². The zero-order chi connectivity index (χ0) is 14.4. The van der Waals surface area contributed by atoms with Gasteiger partial charge in [-0.2, -0.15) is 0 Å². The van der Waals surface area contributed by atoms with E-state index in [2.05, 4.69) is 15.4 Å². The zero-order valence-corrected chi connectivity index (χ0v) is 11.4. The fourth-order valence-electron chi connectivity index (χ4n) is 0.852. The van der Waals surface area contributed by atoms with Crippen LogP contribution in [0, 0.1) is 5.41 Å². The second kappa shape index (κ2) is 6.55. The van der Waals surface area contributed by atoms with Gasteiger partial charge in [-0.1, -0.05) is 0 Å². The Morgan fingerprint density at radius 3 is 2.17 bits per heavy atom. The minimum atomic E-state index is -3.27. The third kappa shape index (κ3) is 7.85. The Labute approximate surface area is 106 Å². The van der Waals surface area contributed by atoms with Gasteiger partial charge in [0, 0.05) is 19.6 Å². The summed E-state index contributed by atoms with van der Waals surface area (Å²) in [7, 11) is -3.27. The molecule has 2 amide bonds. The molecular formula is C9H19N3O5S. The Bertz CT molecular complexity index is 404. The van der Waals surface area contributed by atoms with Crippen molar-refractivity contribution < 1.29 is 23.1 Å². The van der Waals surface area contributed by atoms with Crippen LogP contribution in [-0.2, 0) is 14.8 Å². The Kier molecular flexibility index (Phi) is 6.06. The highest BCUT2D eigenvalue weighted by Crippen LogP contribution is 2.12. The predicted molar refractivity (Wildman–Crippen MR) is 65.7 cm³/mol. The lowest BCUT2D eigenvalue weighted by molar-refractivity contribution is -0.146. The molecule has 8 nitrogen and oxygen atoms in total. The van der Waals surface area contributed by atoms with Crippen molar-refractivity contribution in [3.63, 3.8) is 0 Å².